The monoisotopic (exact) mass is 380 g/mol. The molecule has 3 nitrogen and oxygen atoms in total. The number of hydrogen-bond acceptors (Lipinski definition) is 2. The Kier molecular flexibility index (Phi) is 5.99. The van der Waals surface area contributed by atoms with Gasteiger partial charge in [0, 0.05) is 17.8 Å². The van der Waals surface area contributed by atoms with E-state index in [9.17, 15) is 9.18 Å². The number of nitrogens with zero attached hydrogens (tertiary/aromatic N) is 1. The van der Waals surface area contributed by atoms with E-state index in [1.54, 1.807) is 30.5 Å². The standard InChI is InChI=1S/C22H18ClFN2O/c1-15(26-22(27)12-7-16-5-9-20(24)10-6-16)17-3-2-4-18(13-17)19-8-11-21(23)25-14-19/h2-15H,1H3,(H,26,27)/b12-7+/t15-/m0/s1. The number of carbonyl (C=O) groups excluding carboxylic acids is 1. The highest BCUT2D eigenvalue weighted by Gasteiger charge is 2.09. The second-order valence-corrected chi connectivity index (χ2v) is 6.50. The molecular weight excluding hydrogens is 363 g/mol. The van der Waals surface area contributed by atoms with Gasteiger partial charge in [-0.15, -0.1) is 0 Å². The first-order valence-electron chi connectivity index (χ1n) is 8.47. The van der Waals surface area contributed by atoms with Crippen LogP contribution in [0.25, 0.3) is 17.2 Å². The molecule has 0 spiro atoms. The first-order chi connectivity index (χ1) is 13.0. The number of rotatable bonds is 5. The highest BCUT2D eigenvalue weighted by atomic mass is 35.5. The highest BCUT2D eigenvalue weighted by molar-refractivity contribution is 6.29. The van der Waals surface area contributed by atoms with E-state index >= 15 is 0 Å². The van der Waals surface area contributed by atoms with Gasteiger partial charge in [0.05, 0.1) is 6.04 Å². The Labute approximate surface area is 162 Å². The van der Waals surface area contributed by atoms with Crippen LogP contribution in [0.1, 0.15) is 24.1 Å². The fourth-order valence-electron chi connectivity index (χ4n) is 2.62. The number of benzene rings is 2. The van der Waals surface area contributed by atoms with Gasteiger partial charge >= 0.3 is 0 Å². The molecule has 5 heteroatoms. The van der Waals surface area contributed by atoms with Crippen molar-refractivity contribution in [1.82, 2.24) is 10.3 Å². The van der Waals surface area contributed by atoms with E-state index in [0.29, 0.717) is 5.15 Å². The number of aromatic nitrogens is 1. The molecule has 0 fully saturated rings. The summed E-state index contributed by atoms with van der Waals surface area (Å²) in [6.07, 6.45) is 4.81. The van der Waals surface area contributed by atoms with Gasteiger partial charge in [-0.3, -0.25) is 4.79 Å². The maximum absolute atomic E-state index is 12.9. The third kappa shape index (κ3) is 5.25. The lowest BCUT2D eigenvalue weighted by Gasteiger charge is -2.14. The predicted octanol–water partition coefficient (Wildman–Crippen LogP) is 5.43. The van der Waals surface area contributed by atoms with Crippen molar-refractivity contribution in [2.45, 2.75) is 13.0 Å². The van der Waals surface area contributed by atoms with Crippen LogP contribution in [0, 0.1) is 5.82 Å². The van der Waals surface area contributed by atoms with E-state index in [1.807, 2.05) is 37.3 Å². The lowest BCUT2D eigenvalue weighted by Crippen LogP contribution is -2.24. The molecule has 27 heavy (non-hydrogen) atoms. The van der Waals surface area contributed by atoms with Crippen LogP contribution in [0.3, 0.4) is 0 Å². The molecule has 1 atom stereocenters. The molecule has 1 N–H and O–H groups in total. The topological polar surface area (TPSA) is 42.0 Å². The molecule has 0 radical (unpaired) electrons. The molecule has 1 heterocycles. The van der Waals surface area contributed by atoms with Crippen molar-refractivity contribution in [3.05, 3.63) is 95.0 Å². The Balaban J connectivity index is 1.67. The normalized spacial score (nSPS) is 12.1. The summed E-state index contributed by atoms with van der Waals surface area (Å²) in [6, 6.07) is 17.3. The molecule has 0 saturated carbocycles. The zero-order chi connectivity index (χ0) is 19.2. The molecule has 0 bridgehead atoms. The summed E-state index contributed by atoms with van der Waals surface area (Å²) < 4.78 is 12.9. The SMILES string of the molecule is C[C@H](NC(=O)/C=C/c1ccc(F)cc1)c1cccc(-c2ccc(Cl)nc2)c1. The van der Waals surface area contributed by atoms with Gasteiger partial charge in [0.2, 0.25) is 5.91 Å². The van der Waals surface area contributed by atoms with Crippen LogP contribution in [-0.4, -0.2) is 10.9 Å². The summed E-state index contributed by atoms with van der Waals surface area (Å²) >= 11 is 5.84. The van der Waals surface area contributed by atoms with E-state index in [2.05, 4.69) is 10.3 Å². The maximum Gasteiger partial charge on any atom is 0.244 e. The van der Waals surface area contributed by atoms with Crippen LogP contribution < -0.4 is 5.32 Å². The summed E-state index contributed by atoms with van der Waals surface area (Å²) in [7, 11) is 0. The molecule has 0 saturated heterocycles. The Hall–Kier alpha value is -2.98. The van der Waals surface area contributed by atoms with Gasteiger partial charge in [-0.2, -0.15) is 0 Å². The third-order valence-electron chi connectivity index (χ3n) is 4.10. The highest BCUT2D eigenvalue weighted by Crippen LogP contribution is 2.23. The van der Waals surface area contributed by atoms with Gasteiger partial charge in [-0.1, -0.05) is 41.9 Å². The first-order valence-corrected chi connectivity index (χ1v) is 8.85. The van der Waals surface area contributed by atoms with Gasteiger partial charge in [-0.05, 0) is 60.0 Å². The summed E-state index contributed by atoms with van der Waals surface area (Å²) in [5, 5.41) is 3.38. The van der Waals surface area contributed by atoms with Crippen LogP contribution in [0.5, 0.6) is 0 Å². The van der Waals surface area contributed by atoms with Crippen LogP contribution >= 0.6 is 11.6 Å². The number of nitrogens with one attached hydrogen (secondary N) is 1. The van der Waals surface area contributed by atoms with E-state index in [1.165, 1.54) is 18.2 Å². The van der Waals surface area contributed by atoms with Gasteiger partial charge in [0.15, 0.2) is 0 Å². The zero-order valence-electron chi connectivity index (χ0n) is 14.7. The van der Waals surface area contributed by atoms with E-state index in [-0.39, 0.29) is 17.8 Å². The zero-order valence-corrected chi connectivity index (χ0v) is 15.5. The number of pyridine rings is 1. The van der Waals surface area contributed by atoms with Crippen molar-refractivity contribution in [3.8, 4) is 11.1 Å². The lowest BCUT2D eigenvalue weighted by molar-refractivity contribution is -0.117. The predicted molar refractivity (Wildman–Crippen MR) is 107 cm³/mol. The Morgan fingerprint density at radius 3 is 2.59 bits per heavy atom. The van der Waals surface area contributed by atoms with Gasteiger partial charge in [0.25, 0.3) is 0 Å². The van der Waals surface area contributed by atoms with Crippen LogP contribution in [0.2, 0.25) is 5.15 Å². The minimum Gasteiger partial charge on any atom is -0.346 e. The number of carbonyl (C=O) groups is 1. The quantitative estimate of drug-likeness (QED) is 0.473. The summed E-state index contributed by atoms with van der Waals surface area (Å²) in [5.74, 6) is -0.522. The number of hydrogen-bond donors (Lipinski definition) is 1. The molecule has 0 aliphatic heterocycles. The van der Waals surface area contributed by atoms with Gasteiger partial charge in [-0.25, -0.2) is 9.37 Å². The maximum atomic E-state index is 12.9. The smallest absolute Gasteiger partial charge is 0.244 e. The third-order valence-corrected chi connectivity index (χ3v) is 4.33. The average Bonchev–Trinajstić information content (AvgIpc) is 2.68. The van der Waals surface area contributed by atoms with Crippen molar-refractivity contribution in [2.24, 2.45) is 0 Å². The van der Waals surface area contributed by atoms with Crippen molar-refractivity contribution in [3.63, 3.8) is 0 Å². The Morgan fingerprint density at radius 2 is 1.89 bits per heavy atom. The lowest BCUT2D eigenvalue weighted by atomic mass is 10.0. The molecule has 0 unspecified atom stereocenters. The molecular formula is C22H18ClFN2O. The van der Waals surface area contributed by atoms with Crippen LogP contribution in [0.15, 0.2) is 72.9 Å². The second-order valence-electron chi connectivity index (χ2n) is 6.11. The minimum atomic E-state index is -0.305. The molecule has 3 rings (SSSR count). The Morgan fingerprint density at radius 1 is 1.11 bits per heavy atom. The summed E-state index contributed by atoms with van der Waals surface area (Å²) in [6.45, 7) is 1.92. The molecule has 2 aromatic carbocycles. The average molecular weight is 381 g/mol. The first kappa shape index (κ1) is 18.8. The van der Waals surface area contributed by atoms with Crippen molar-refractivity contribution >= 4 is 23.6 Å². The van der Waals surface area contributed by atoms with Crippen molar-refractivity contribution < 1.29 is 9.18 Å². The van der Waals surface area contributed by atoms with Gasteiger partial charge < -0.3 is 5.32 Å². The van der Waals surface area contributed by atoms with Crippen LogP contribution in [0.4, 0.5) is 4.39 Å². The fourth-order valence-corrected chi connectivity index (χ4v) is 2.74. The number of halogens is 2. The fraction of sp³-hybridized carbons (Fsp3) is 0.0909. The molecule has 3 aromatic rings. The second kappa shape index (κ2) is 8.60. The molecule has 1 amide bonds. The number of amides is 1. The van der Waals surface area contributed by atoms with E-state index < -0.39 is 0 Å². The van der Waals surface area contributed by atoms with Gasteiger partial charge in [0.1, 0.15) is 11.0 Å². The van der Waals surface area contributed by atoms with E-state index in [4.69, 9.17) is 11.6 Å². The van der Waals surface area contributed by atoms with Crippen molar-refractivity contribution in [1.29, 1.82) is 0 Å². The largest absolute Gasteiger partial charge is 0.346 e. The molecule has 1 aromatic heterocycles. The van der Waals surface area contributed by atoms with Crippen LogP contribution in [-0.2, 0) is 4.79 Å². The summed E-state index contributed by atoms with van der Waals surface area (Å²) in [4.78, 5) is 16.3. The summed E-state index contributed by atoms with van der Waals surface area (Å²) in [5.41, 5.74) is 3.69. The van der Waals surface area contributed by atoms with E-state index in [0.717, 1.165) is 22.3 Å². The molecule has 0 aliphatic rings. The van der Waals surface area contributed by atoms with Crippen molar-refractivity contribution in [2.75, 3.05) is 0 Å². The molecule has 0 aliphatic carbocycles. The minimum absolute atomic E-state index is 0.171. The Bertz CT molecular complexity index is 953. The molecule has 136 valence electrons.